The van der Waals surface area contributed by atoms with E-state index in [1.54, 1.807) is 6.21 Å². The highest BCUT2D eigenvalue weighted by Crippen LogP contribution is 2.25. The molecule has 3 heteroatoms. The highest BCUT2D eigenvalue weighted by atomic mass is 16.1. The second-order valence-electron chi connectivity index (χ2n) is 3.76. The lowest BCUT2D eigenvalue weighted by atomic mass is 10.1. The van der Waals surface area contributed by atoms with Gasteiger partial charge in [0.15, 0.2) is 0 Å². The molecule has 0 aromatic heterocycles. The Morgan fingerprint density at radius 2 is 2.06 bits per heavy atom. The number of aldehydes is 1. The smallest absolute Gasteiger partial charge is 0.148 e. The minimum atomic E-state index is -0.267. The molecule has 0 fully saturated rings. The first-order valence-corrected chi connectivity index (χ1v) is 5.15. The highest BCUT2D eigenvalue weighted by Gasteiger charge is 2.23. The van der Waals surface area contributed by atoms with Gasteiger partial charge in [-0.05, 0) is 23.3 Å². The maximum absolute atomic E-state index is 10.9. The number of rotatable bonds is 1. The minimum absolute atomic E-state index is 0.267. The van der Waals surface area contributed by atoms with Crippen LogP contribution < -0.4 is 0 Å². The van der Waals surface area contributed by atoms with E-state index in [-0.39, 0.29) is 6.04 Å². The Morgan fingerprint density at radius 3 is 2.88 bits per heavy atom. The molecule has 0 saturated heterocycles. The molecule has 2 aliphatic rings. The van der Waals surface area contributed by atoms with Gasteiger partial charge >= 0.3 is 0 Å². The Bertz CT molecular complexity index is 528. The number of carbonyl (C=O) groups is 1. The van der Waals surface area contributed by atoms with Gasteiger partial charge in [-0.2, -0.15) is 0 Å². The van der Waals surface area contributed by atoms with E-state index in [4.69, 9.17) is 0 Å². The Balaban J connectivity index is 2.12. The summed E-state index contributed by atoms with van der Waals surface area (Å²) in [7, 11) is 0. The molecule has 0 N–H and O–H groups in total. The van der Waals surface area contributed by atoms with Crippen LogP contribution in [0.5, 0.6) is 0 Å². The fourth-order valence-corrected chi connectivity index (χ4v) is 1.93. The molecule has 1 atom stereocenters. The average Bonchev–Trinajstić information content (AvgIpc) is 2.61. The molecule has 3 nitrogen and oxygen atoms in total. The van der Waals surface area contributed by atoms with Crippen molar-refractivity contribution >= 4 is 24.7 Å². The molecule has 2 aliphatic heterocycles. The maximum atomic E-state index is 10.9. The van der Waals surface area contributed by atoms with Crippen LogP contribution in [0.1, 0.15) is 11.1 Å². The Kier molecular flexibility index (Phi) is 1.96. The van der Waals surface area contributed by atoms with Crippen LogP contribution in [0.4, 0.5) is 0 Å². The van der Waals surface area contributed by atoms with Crippen LogP contribution >= 0.6 is 0 Å². The first-order valence-electron chi connectivity index (χ1n) is 5.15. The summed E-state index contributed by atoms with van der Waals surface area (Å²) in [4.78, 5) is 17.0. The molecular weight excluding hydrogens is 200 g/mol. The van der Waals surface area contributed by atoms with Gasteiger partial charge < -0.3 is 9.69 Å². The van der Waals surface area contributed by atoms with Crippen LogP contribution in [-0.4, -0.2) is 23.4 Å². The fraction of sp³-hybridized carbons (Fsp3) is 0.0769. The molecule has 0 aliphatic carbocycles. The third kappa shape index (κ3) is 1.29. The van der Waals surface area contributed by atoms with Crippen molar-refractivity contribution in [3.05, 3.63) is 47.4 Å². The van der Waals surface area contributed by atoms with Crippen LogP contribution in [0, 0.1) is 0 Å². The average molecular weight is 210 g/mol. The van der Waals surface area contributed by atoms with E-state index in [2.05, 4.69) is 4.99 Å². The molecule has 16 heavy (non-hydrogen) atoms. The molecule has 0 radical (unpaired) electrons. The largest absolute Gasteiger partial charge is 0.318 e. The van der Waals surface area contributed by atoms with Gasteiger partial charge in [0.25, 0.3) is 0 Å². The van der Waals surface area contributed by atoms with E-state index in [1.165, 1.54) is 0 Å². The molecule has 0 amide bonds. The van der Waals surface area contributed by atoms with Gasteiger partial charge in [0.05, 0.1) is 0 Å². The van der Waals surface area contributed by atoms with Crippen molar-refractivity contribution in [3.63, 3.8) is 0 Å². The summed E-state index contributed by atoms with van der Waals surface area (Å²) >= 11 is 0. The topological polar surface area (TPSA) is 32.7 Å². The van der Waals surface area contributed by atoms with Gasteiger partial charge in [-0.3, -0.25) is 0 Å². The molecule has 1 aromatic carbocycles. The predicted molar refractivity (Wildman–Crippen MR) is 63.6 cm³/mol. The van der Waals surface area contributed by atoms with E-state index in [0.29, 0.717) is 0 Å². The van der Waals surface area contributed by atoms with Gasteiger partial charge in [0, 0.05) is 12.4 Å². The number of fused-ring (bicyclic) bond motifs is 2. The van der Waals surface area contributed by atoms with E-state index in [9.17, 15) is 4.79 Å². The van der Waals surface area contributed by atoms with Crippen LogP contribution in [0.3, 0.4) is 0 Å². The first kappa shape index (κ1) is 9.09. The number of carbonyl (C=O) groups excluding carboxylic acids is 1. The second-order valence-corrected chi connectivity index (χ2v) is 3.76. The molecule has 3 rings (SSSR count). The zero-order valence-electron chi connectivity index (χ0n) is 8.58. The molecule has 0 bridgehead atoms. The van der Waals surface area contributed by atoms with Crippen molar-refractivity contribution in [2.45, 2.75) is 6.04 Å². The predicted octanol–water partition coefficient (Wildman–Crippen LogP) is 1.92. The lowest BCUT2D eigenvalue weighted by Crippen LogP contribution is -2.26. The quantitative estimate of drug-likeness (QED) is 0.663. The summed E-state index contributed by atoms with van der Waals surface area (Å²) in [6, 6.07) is 7.81. The zero-order valence-corrected chi connectivity index (χ0v) is 8.58. The number of benzene rings is 1. The standard InChI is InChI=1S/C13H10N2O/c16-9-12-8-14-13-7-11-4-2-1-3-10(11)5-6-15(12)13/h1-9,12H. The summed E-state index contributed by atoms with van der Waals surface area (Å²) in [5.74, 6) is 0.818. The minimum Gasteiger partial charge on any atom is -0.318 e. The van der Waals surface area contributed by atoms with E-state index < -0.39 is 0 Å². The van der Waals surface area contributed by atoms with Crippen LogP contribution in [-0.2, 0) is 4.79 Å². The van der Waals surface area contributed by atoms with Crippen LogP contribution in [0.2, 0.25) is 0 Å². The highest BCUT2D eigenvalue weighted by molar-refractivity contribution is 5.90. The van der Waals surface area contributed by atoms with Gasteiger partial charge in [-0.1, -0.05) is 24.3 Å². The van der Waals surface area contributed by atoms with Crippen molar-refractivity contribution in [3.8, 4) is 0 Å². The molecule has 0 spiro atoms. The summed E-state index contributed by atoms with van der Waals surface area (Å²) < 4.78 is 0. The lowest BCUT2D eigenvalue weighted by molar-refractivity contribution is -0.109. The van der Waals surface area contributed by atoms with Gasteiger partial charge in [-0.25, -0.2) is 4.99 Å². The number of aliphatic imine (C=N–C) groups is 1. The van der Waals surface area contributed by atoms with E-state index in [0.717, 1.165) is 23.2 Å². The normalized spacial score (nSPS) is 21.1. The third-order valence-electron chi connectivity index (χ3n) is 2.78. The molecule has 0 saturated carbocycles. The lowest BCUT2D eigenvalue weighted by Gasteiger charge is -2.16. The van der Waals surface area contributed by atoms with Crippen molar-refractivity contribution in [2.75, 3.05) is 0 Å². The first-order chi connectivity index (χ1) is 7.88. The molecular formula is C13H10N2O. The fourth-order valence-electron chi connectivity index (χ4n) is 1.93. The summed E-state index contributed by atoms with van der Waals surface area (Å²) in [6.45, 7) is 0. The van der Waals surface area contributed by atoms with E-state index in [1.807, 2.05) is 47.5 Å². The second kappa shape index (κ2) is 3.45. The number of nitrogens with zero attached hydrogens (tertiary/aromatic N) is 2. The SMILES string of the molecule is O=CC1C=NC2=Cc3ccccc3C=CN21. The zero-order chi connectivity index (χ0) is 11.0. The van der Waals surface area contributed by atoms with Crippen LogP contribution in [0.15, 0.2) is 41.3 Å². The Hall–Kier alpha value is -2.16. The van der Waals surface area contributed by atoms with Crippen molar-refractivity contribution in [2.24, 2.45) is 4.99 Å². The maximum Gasteiger partial charge on any atom is 0.148 e. The molecule has 1 aromatic rings. The Labute approximate surface area is 93.4 Å². The summed E-state index contributed by atoms with van der Waals surface area (Å²) in [5, 5.41) is 0. The molecule has 1 unspecified atom stereocenters. The van der Waals surface area contributed by atoms with Crippen molar-refractivity contribution in [1.82, 2.24) is 4.90 Å². The number of hydrogen-bond acceptors (Lipinski definition) is 3. The van der Waals surface area contributed by atoms with Crippen molar-refractivity contribution < 1.29 is 4.79 Å². The van der Waals surface area contributed by atoms with Gasteiger partial charge in [0.1, 0.15) is 18.1 Å². The Morgan fingerprint density at radius 1 is 1.25 bits per heavy atom. The monoisotopic (exact) mass is 210 g/mol. The van der Waals surface area contributed by atoms with Gasteiger partial charge in [0.2, 0.25) is 0 Å². The van der Waals surface area contributed by atoms with Crippen molar-refractivity contribution in [1.29, 1.82) is 0 Å². The van der Waals surface area contributed by atoms with E-state index >= 15 is 0 Å². The third-order valence-corrected chi connectivity index (χ3v) is 2.78. The summed E-state index contributed by atoms with van der Waals surface area (Å²) in [6.07, 6.45) is 8.46. The van der Waals surface area contributed by atoms with Gasteiger partial charge in [-0.15, -0.1) is 0 Å². The van der Waals surface area contributed by atoms with Crippen LogP contribution in [0.25, 0.3) is 12.2 Å². The number of hydrogen-bond donors (Lipinski definition) is 0. The molecule has 2 heterocycles. The summed E-state index contributed by atoms with van der Waals surface area (Å²) in [5.41, 5.74) is 2.27. The molecule has 78 valence electrons.